The zero-order chi connectivity index (χ0) is 26.7. The molecule has 0 aliphatic heterocycles. The van der Waals surface area contributed by atoms with Gasteiger partial charge in [0.05, 0.1) is 23.3 Å². The van der Waals surface area contributed by atoms with Crippen molar-refractivity contribution in [3.05, 3.63) is 104 Å². The van der Waals surface area contributed by atoms with Crippen LogP contribution in [0.5, 0.6) is 11.6 Å². The molecule has 0 aliphatic rings. The number of hydrogen-bond acceptors (Lipinski definition) is 5. The van der Waals surface area contributed by atoms with Gasteiger partial charge in [-0.25, -0.2) is 18.2 Å². The molecule has 0 saturated heterocycles. The minimum atomic E-state index is -4.75. The lowest BCUT2D eigenvalue weighted by Gasteiger charge is -2.23. The smallest absolute Gasteiger partial charge is 0.421 e. The minimum Gasteiger partial charge on any atom is -0.438 e. The molecule has 2 heterocycles. The monoisotopic (exact) mass is 520 g/mol. The summed E-state index contributed by atoms with van der Waals surface area (Å²) in [7, 11) is 0. The number of halogens is 6. The van der Waals surface area contributed by atoms with Crippen LogP contribution in [0.15, 0.2) is 64.9 Å². The van der Waals surface area contributed by atoms with E-state index in [2.05, 4.69) is 20.0 Å². The number of pyridine rings is 1. The van der Waals surface area contributed by atoms with Gasteiger partial charge in [-0.15, -0.1) is 0 Å². The Morgan fingerprint density at radius 3 is 2.49 bits per heavy atom. The number of hydrogen-bond donors (Lipinski definition) is 0. The zero-order valence-electron chi connectivity index (χ0n) is 18.5. The molecule has 0 amide bonds. The number of aromatic nitrogens is 3. The highest BCUT2D eigenvalue weighted by atomic mass is 19.4. The molecule has 0 spiro atoms. The topological polar surface area (TPSA) is 106 Å². The third kappa shape index (κ3) is 5.33. The van der Waals surface area contributed by atoms with E-state index in [1.165, 1.54) is 16.7 Å². The van der Waals surface area contributed by atoms with Crippen molar-refractivity contribution in [2.24, 2.45) is 5.11 Å². The molecule has 8 nitrogen and oxygen atoms in total. The maximum absolute atomic E-state index is 14.7. The Hall–Kier alpha value is -4.58. The number of azide groups is 1. The van der Waals surface area contributed by atoms with Gasteiger partial charge in [0.25, 0.3) is 5.56 Å². The van der Waals surface area contributed by atoms with Gasteiger partial charge in [-0.3, -0.25) is 4.79 Å². The molecule has 190 valence electrons. The Kier molecular flexibility index (Phi) is 7.02. The summed E-state index contributed by atoms with van der Waals surface area (Å²) in [5, 5.41) is 3.22. The first-order valence-electron chi connectivity index (χ1n) is 10.5. The maximum Gasteiger partial charge on any atom is 0.421 e. The van der Waals surface area contributed by atoms with Crippen molar-refractivity contribution in [1.29, 1.82) is 0 Å². The van der Waals surface area contributed by atoms with Crippen LogP contribution in [-0.2, 0) is 6.18 Å². The van der Waals surface area contributed by atoms with Crippen LogP contribution >= 0.6 is 0 Å². The van der Waals surface area contributed by atoms with E-state index in [9.17, 15) is 31.1 Å². The van der Waals surface area contributed by atoms with Crippen LogP contribution in [0.25, 0.3) is 21.3 Å². The molecule has 0 bridgehead atoms. The molecule has 2 aromatic heterocycles. The first-order chi connectivity index (χ1) is 17.6. The molecule has 37 heavy (non-hydrogen) atoms. The van der Waals surface area contributed by atoms with Gasteiger partial charge in [-0.05, 0) is 42.3 Å². The van der Waals surface area contributed by atoms with Crippen molar-refractivity contribution >= 4 is 10.9 Å². The Balaban J connectivity index is 1.84. The number of rotatable bonds is 7. The van der Waals surface area contributed by atoms with Crippen molar-refractivity contribution in [3.63, 3.8) is 0 Å². The number of benzene rings is 2. The molecule has 0 fully saturated rings. The summed E-state index contributed by atoms with van der Waals surface area (Å²) in [6.07, 6.45) is -2.81. The quantitative estimate of drug-likeness (QED) is 0.123. The molecule has 2 aromatic carbocycles. The molecule has 1 atom stereocenters. The Morgan fingerprint density at radius 1 is 1.08 bits per heavy atom. The van der Waals surface area contributed by atoms with Gasteiger partial charge in [0, 0.05) is 35.3 Å². The van der Waals surface area contributed by atoms with Crippen LogP contribution in [0.4, 0.5) is 26.3 Å². The largest absolute Gasteiger partial charge is 0.438 e. The molecule has 0 saturated carbocycles. The van der Waals surface area contributed by atoms with E-state index < -0.39 is 52.2 Å². The summed E-state index contributed by atoms with van der Waals surface area (Å²) < 4.78 is 89.3. The first-order valence-corrected chi connectivity index (χ1v) is 10.5. The highest BCUT2D eigenvalue weighted by molar-refractivity contribution is 5.80. The summed E-state index contributed by atoms with van der Waals surface area (Å²) in [6.45, 7) is -0.216. The van der Waals surface area contributed by atoms with Crippen LogP contribution in [0, 0.1) is 17.5 Å². The SMILES string of the molecule is [N-]=[N+]=NCC[C@H](c1c(F)cc(F)cc1F)n1cnc(=O)c2cc(Oc3ncccc3C(F)(F)F)ccc21. The van der Waals surface area contributed by atoms with Crippen LogP contribution in [0.1, 0.15) is 23.6 Å². The van der Waals surface area contributed by atoms with E-state index in [4.69, 9.17) is 10.3 Å². The van der Waals surface area contributed by atoms with Crippen LogP contribution in [-0.4, -0.2) is 21.1 Å². The fraction of sp³-hybridized carbons (Fsp3) is 0.174. The summed E-state index contributed by atoms with van der Waals surface area (Å²) in [5.41, 5.74) is 6.18. The summed E-state index contributed by atoms with van der Waals surface area (Å²) in [5.74, 6) is -4.51. The van der Waals surface area contributed by atoms with Crippen molar-refractivity contribution < 1.29 is 31.1 Å². The Labute approximate surface area is 203 Å². The standard InChI is InChI=1S/C23H14F6N6O2/c24-12-8-16(25)20(17(26)9-12)19(5-7-33-34-30)35-11-32-21(36)14-10-13(3-4-18(14)35)37-22-15(23(27,28)29)2-1-6-31-22/h1-4,6,8-11,19H,5,7H2/t19-/m1/s1. The van der Waals surface area contributed by atoms with Gasteiger partial charge in [0.1, 0.15) is 28.8 Å². The van der Waals surface area contributed by atoms with E-state index in [1.807, 2.05) is 0 Å². The third-order valence-electron chi connectivity index (χ3n) is 5.35. The van der Waals surface area contributed by atoms with E-state index in [1.54, 1.807) is 0 Å². The lowest BCUT2D eigenvalue weighted by atomic mass is 10.0. The molecule has 4 aromatic rings. The average molecular weight is 520 g/mol. The van der Waals surface area contributed by atoms with Crippen LogP contribution in [0.3, 0.4) is 0 Å². The van der Waals surface area contributed by atoms with E-state index in [0.717, 1.165) is 30.7 Å². The second-order valence-electron chi connectivity index (χ2n) is 7.63. The maximum atomic E-state index is 14.7. The van der Waals surface area contributed by atoms with Crippen molar-refractivity contribution in [3.8, 4) is 11.6 Å². The lowest BCUT2D eigenvalue weighted by molar-refractivity contribution is -0.138. The van der Waals surface area contributed by atoms with Crippen molar-refractivity contribution in [2.75, 3.05) is 6.54 Å². The van der Waals surface area contributed by atoms with Crippen LogP contribution in [0.2, 0.25) is 0 Å². The molecule has 0 unspecified atom stereocenters. The highest BCUT2D eigenvalue weighted by Gasteiger charge is 2.35. The number of ether oxygens (including phenoxy) is 1. The number of nitrogens with zero attached hydrogens (tertiary/aromatic N) is 6. The molecule has 14 heteroatoms. The van der Waals surface area contributed by atoms with E-state index >= 15 is 0 Å². The van der Waals surface area contributed by atoms with Gasteiger partial charge in [0.15, 0.2) is 0 Å². The van der Waals surface area contributed by atoms with Gasteiger partial charge in [-0.2, -0.15) is 18.2 Å². The van der Waals surface area contributed by atoms with Crippen LogP contribution < -0.4 is 10.3 Å². The first kappa shape index (κ1) is 25.5. The predicted octanol–water partition coefficient (Wildman–Crippen LogP) is 6.31. The Bertz CT molecular complexity index is 1560. The third-order valence-corrected chi connectivity index (χ3v) is 5.35. The normalized spacial score (nSPS) is 12.3. The van der Waals surface area contributed by atoms with E-state index in [-0.39, 0.29) is 29.6 Å². The average Bonchev–Trinajstić information content (AvgIpc) is 2.83. The van der Waals surface area contributed by atoms with Crippen molar-refractivity contribution in [2.45, 2.75) is 18.6 Å². The second-order valence-corrected chi connectivity index (χ2v) is 7.63. The predicted molar refractivity (Wildman–Crippen MR) is 118 cm³/mol. The summed E-state index contributed by atoms with van der Waals surface area (Å²) >= 11 is 0. The minimum absolute atomic E-state index is 0.0819. The number of fused-ring (bicyclic) bond motifs is 1. The second kappa shape index (κ2) is 10.2. The molecule has 4 rings (SSSR count). The van der Waals surface area contributed by atoms with Gasteiger partial charge in [0.2, 0.25) is 5.88 Å². The fourth-order valence-corrected chi connectivity index (χ4v) is 3.79. The highest BCUT2D eigenvalue weighted by Crippen LogP contribution is 2.37. The zero-order valence-corrected chi connectivity index (χ0v) is 18.5. The van der Waals surface area contributed by atoms with E-state index in [0.29, 0.717) is 12.1 Å². The van der Waals surface area contributed by atoms with Gasteiger partial charge in [-0.1, -0.05) is 5.11 Å². The summed E-state index contributed by atoms with van der Waals surface area (Å²) in [6, 6.07) is 5.21. The lowest BCUT2D eigenvalue weighted by Crippen LogP contribution is -2.20. The number of alkyl halides is 3. The molecule has 0 N–H and O–H groups in total. The van der Waals surface area contributed by atoms with Gasteiger partial charge >= 0.3 is 6.18 Å². The molecular formula is C23H14F6N6O2. The molecule has 0 radical (unpaired) electrons. The Morgan fingerprint density at radius 2 is 1.81 bits per heavy atom. The fourth-order valence-electron chi connectivity index (χ4n) is 3.79. The molecular weight excluding hydrogens is 506 g/mol. The summed E-state index contributed by atoms with van der Waals surface area (Å²) in [4.78, 5) is 22.4. The van der Waals surface area contributed by atoms with Gasteiger partial charge < -0.3 is 9.30 Å². The van der Waals surface area contributed by atoms with Crippen molar-refractivity contribution in [1.82, 2.24) is 14.5 Å². The molecule has 0 aliphatic carbocycles.